The zero-order valence-electron chi connectivity index (χ0n) is 9.56. The summed E-state index contributed by atoms with van der Waals surface area (Å²) in [6, 6.07) is 1.96. The fourth-order valence-electron chi connectivity index (χ4n) is 2.25. The molecule has 1 aromatic rings. The molecule has 0 amide bonds. The molecule has 1 heterocycles. The van der Waals surface area contributed by atoms with Crippen molar-refractivity contribution >= 4 is 0 Å². The molecule has 1 aliphatic rings. The predicted molar refractivity (Wildman–Crippen MR) is 65.8 cm³/mol. The van der Waals surface area contributed by atoms with Crippen LogP contribution in [-0.2, 0) is 5.54 Å². The first-order valence-corrected chi connectivity index (χ1v) is 5.56. The lowest BCUT2D eigenvalue weighted by atomic mass is 9.84. The van der Waals surface area contributed by atoms with Crippen molar-refractivity contribution in [2.75, 3.05) is 0 Å². The Morgan fingerprint density at radius 2 is 2.50 bits per heavy atom. The van der Waals surface area contributed by atoms with Crippen molar-refractivity contribution in [3.05, 3.63) is 42.3 Å². The first kappa shape index (κ1) is 10.8. The van der Waals surface area contributed by atoms with Crippen LogP contribution in [0.5, 0.6) is 0 Å². The van der Waals surface area contributed by atoms with E-state index in [0.717, 1.165) is 19.3 Å². The molecule has 0 aromatic carbocycles. The number of hydrogen-bond donors (Lipinski definition) is 0. The van der Waals surface area contributed by atoms with Crippen molar-refractivity contribution in [1.29, 1.82) is 0 Å². The van der Waals surface area contributed by atoms with Crippen molar-refractivity contribution in [2.24, 2.45) is 0 Å². The quantitative estimate of drug-likeness (QED) is 0.704. The predicted octanol–water partition coefficient (Wildman–Crippen LogP) is 2.90. The molecule has 0 fully saturated rings. The zero-order valence-corrected chi connectivity index (χ0v) is 9.56. The summed E-state index contributed by atoms with van der Waals surface area (Å²) >= 11 is 0. The lowest BCUT2D eigenvalue weighted by molar-refractivity contribution is 0.312. The standard InChI is InChI=1S/C14H16N2/c1-3-4-8-14(16-11-6-10-15-16)9-5-7-13(2)12-14/h1,5-7,10-12H,4,8-9H2,2H3. The van der Waals surface area contributed by atoms with Crippen LogP contribution in [0.25, 0.3) is 0 Å². The smallest absolute Gasteiger partial charge is 0.0855 e. The Kier molecular flexibility index (Phi) is 2.96. The number of rotatable bonds is 3. The molecular formula is C14H16N2. The van der Waals surface area contributed by atoms with E-state index in [-0.39, 0.29) is 5.54 Å². The molecule has 0 radical (unpaired) electrons. The van der Waals surface area contributed by atoms with Gasteiger partial charge in [0.15, 0.2) is 0 Å². The molecule has 16 heavy (non-hydrogen) atoms. The topological polar surface area (TPSA) is 17.8 Å². The van der Waals surface area contributed by atoms with E-state index in [1.807, 2.05) is 23.1 Å². The van der Waals surface area contributed by atoms with E-state index in [1.165, 1.54) is 5.57 Å². The van der Waals surface area contributed by atoms with Crippen molar-refractivity contribution in [2.45, 2.75) is 31.7 Å². The molecule has 1 atom stereocenters. The van der Waals surface area contributed by atoms with Gasteiger partial charge in [-0.1, -0.05) is 23.8 Å². The Bertz CT molecular complexity index is 446. The normalized spacial score (nSPS) is 23.9. The fourth-order valence-corrected chi connectivity index (χ4v) is 2.25. The highest BCUT2D eigenvalue weighted by Crippen LogP contribution is 2.32. The van der Waals surface area contributed by atoms with Crippen LogP contribution in [0.3, 0.4) is 0 Å². The van der Waals surface area contributed by atoms with E-state index in [1.54, 1.807) is 0 Å². The Hall–Kier alpha value is -1.75. The highest BCUT2D eigenvalue weighted by atomic mass is 15.3. The molecule has 1 aliphatic carbocycles. The van der Waals surface area contributed by atoms with Gasteiger partial charge in [0.25, 0.3) is 0 Å². The monoisotopic (exact) mass is 212 g/mol. The molecule has 0 aliphatic heterocycles. The van der Waals surface area contributed by atoms with Gasteiger partial charge in [-0.2, -0.15) is 5.10 Å². The maximum atomic E-state index is 5.37. The summed E-state index contributed by atoms with van der Waals surface area (Å²) in [7, 11) is 0. The third-order valence-electron chi connectivity index (χ3n) is 3.01. The van der Waals surface area contributed by atoms with Gasteiger partial charge >= 0.3 is 0 Å². The highest BCUT2D eigenvalue weighted by molar-refractivity contribution is 5.27. The van der Waals surface area contributed by atoms with Gasteiger partial charge in [-0.25, -0.2) is 0 Å². The molecule has 0 N–H and O–H groups in total. The zero-order chi connectivity index (χ0) is 11.4. The van der Waals surface area contributed by atoms with E-state index in [4.69, 9.17) is 6.42 Å². The number of aromatic nitrogens is 2. The number of allylic oxidation sites excluding steroid dienone is 4. The van der Waals surface area contributed by atoms with Crippen LogP contribution in [0.15, 0.2) is 42.3 Å². The van der Waals surface area contributed by atoms with Gasteiger partial charge in [0.2, 0.25) is 0 Å². The molecule has 1 unspecified atom stereocenters. The van der Waals surface area contributed by atoms with E-state index >= 15 is 0 Å². The van der Waals surface area contributed by atoms with Crippen LogP contribution in [0, 0.1) is 12.3 Å². The van der Waals surface area contributed by atoms with Crippen LogP contribution in [0.1, 0.15) is 26.2 Å². The number of nitrogens with zero attached hydrogens (tertiary/aromatic N) is 2. The Labute approximate surface area is 96.7 Å². The minimum absolute atomic E-state index is 0.0608. The molecule has 82 valence electrons. The van der Waals surface area contributed by atoms with Crippen molar-refractivity contribution in [3.63, 3.8) is 0 Å². The van der Waals surface area contributed by atoms with Crippen LogP contribution in [-0.4, -0.2) is 9.78 Å². The molecule has 2 nitrogen and oxygen atoms in total. The average molecular weight is 212 g/mol. The lowest BCUT2D eigenvalue weighted by Crippen LogP contribution is -2.33. The van der Waals surface area contributed by atoms with E-state index in [2.05, 4.69) is 36.2 Å². The van der Waals surface area contributed by atoms with E-state index in [0.29, 0.717) is 0 Å². The van der Waals surface area contributed by atoms with Gasteiger partial charge in [-0.15, -0.1) is 12.3 Å². The maximum absolute atomic E-state index is 5.37. The van der Waals surface area contributed by atoms with Crippen LogP contribution in [0.2, 0.25) is 0 Å². The molecule has 0 saturated carbocycles. The van der Waals surface area contributed by atoms with Gasteiger partial charge in [-0.3, -0.25) is 4.68 Å². The minimum atomic E-state index is -0.0608. The molecular weight excluding hydrogens is 196 g/mol. The van der Waals surface area contributed by atoms with Crippen molar-refractivity contribution < 1.29 is 0 Å². The summed E-state index contributed by atoms with van der Waals surface area (Å²) in [6.45, 7) is 2.11. The van der Waals surface area contributed by atoms with Crippen LogP contribution < -0.4 is 0 Å². The third-order valence-corrected chi connectivity index (χ3v) is 3.01. The second-order valence-electron chi connectivity index (χ2n) is 4.25. The Morgan fingerprint density at radius 1 is 1.62 bits per heavy atom. The van der Waals surface area contributed by atoms with Gasteiger partial charge in [-0.05, 0) is 25.8 Å². The number of hydrogen-bond acceptors (Lipinski definition) is 1. The Morgan fingerprint density at radius 3 is 3.12 bits per heavy atom. The maximum Gasteiger partial charge on any atom is 0.0855 e. The minimum Gasteiger partial charge on any atom is -0.262 e. The summed E-state index contributed by atoms with van der Waals surface area (Å²) in [5.41, 5.74) is 1.22. The third kappa shape index (κ3) is 1.94. The fraction of sp³-hybridized carbons (Fsp3) is 0.357. The van der Waals surface area contributed by atoms with Gasteiger partial charge in [0.1, 0.15) is 0 Å². The highest BCUT2D eigenvalue weighted by Gasteiger charge is 2.29. The molecule has 0 spiro atoms. The van der Waals surface area contributed by atoms with Crippen LogP contribution in [0.4, 0.5) is 0 Å². The molecule has 0 saturated heterocycles. The van der Waals surface area contributed by atoms with Gasteiger partial charge in [0.05, 0.1) is 5.54 Å². The summed E-state index contributed by atoms with van der Waals surface area (Å²) in [6.07, 6.45) is 18.5. The lowest BCUT2D eigenvalue weighted by Gasteiger charge is -2.32. The SMILES string of the molecule is C#CCCC1(n2cccn2)C=C(C)C=CC1. The molecule has 0 bridgehead atoms. The molecule has 2 rings (SSSR count). The van der Waals surface area contributed by atoms with E-state index < -0.39 is 0 Å². The van der Waals surface area contributed by atoms with Crippen molar-refractivity contribution in [3.8, 4) is 12.3 Å². The number of terminal acetylenes is 1. The second kappa shape index (κ2) is 4.40. The molecule has 1 aromatic heterocycles. The summed E-state index contributed by atoms with van der Waals surface area (Å²) in [5.74, 6) is 2.72. The average Bonchev–Trinajstić information content (AvgIpc) is 2.80. The van der Waals surface area contributed by atoms with Gasteiger partial charge < -0.3 is 0 Å². The van der Waals surface area contributed by atoms with Crippen molar-refractivity contribution in [1.82, 2.24) is 9.78 Å². The summed E-state index contributed by atoms with van der Waals surface area (Å²) < 4.78 is 2.03. The first-order valence-electron chi connectivity index (χ1n) is 5.56. The first-order chi connectivity index (χ1) is 7.77. The van der Waals surface area contributed by atoms with Gasteiger partial charge in [0, 0.05) is 18.8 Å². The second-order valence-corrected chi connectivity index (χ2v) is 4.25. The summed E-state index contributed by atoms with van der Waals surface area (Å²) in [5, 5.41) is 4.37. The van der Waals surface area contributed by atoms with Crippen LogP contribution >= 0.6 is 0 Å². The summed E-state index contributed by atoms with van der Waals surface area (Å²) in [4.78, 5) is 0. The van der Waals surface area contributed by atoms with E-state index in [9.17, 15) is 0 Å². The molecule has 2 heteroatoms. The Balaban J connectivity index is 2.35. The largest absolute Gasteiger partial charge is 0.262 e.